The Morgan fingerprint density at radius 2 is 0.724 bits per heavy atom. The molecular weight excluding hydrogens is 1090 g/mol. The van der Waals surface area contributed by atoms with E-state index in [1.165, 1.54) is 321 Å². The number of rotatable bonds is 69. The Hall–Kier alpha value is -1.60. The first-order valence-corrected chi connectivity index (χ1v) is 38.5. The average Bonchev–Trinajstić information content (AvgIpc) is 1.86. The fourth-order valence-corrected chi connectivity index (χ4v) is 12.6. The lowest BCUT2D eigenvalue weighted by Crippen LogP contribution is -2.60. The van der Waals surface area contributed by atoms with Crippen molar-refractivity contribution in [2.45, 2.75) is 442 Å². The van der Waals surface area contributed by atoms with E-state index in [-0.39, 0.29) is 18.5 Å². The molecule has 0 aromatic carbocycles. The van der Waals surface area contributed by atoms with Gasteiger partial charge in [0.2, 0.25) is 5.91 Å². The summed E-state index contributed by atoms with van der Waals surface area (Å²) in [7, 11) is 0. The van der Waals surface area contributed by atoms with Crippen LogP contribution in [-0.2, 0) is 23.8 Å². The van der Waals surface area contributed by atoms with Crippen LogP contribution in [-0.4, -0.2) is 100 Å². The van der Waals surface area contributed by atoms with E-state index in [4.69, 9.17) is 14.2 Å². The zero-order valence-electron chi connectivity index (χ0n) is 57.5. The first-order chi connectivity index (χ1) is 42.7. The summed E-state index contributed by atoms with van der Waals surface area (Å²) in [5.74, 6) is -0.157. The summed E-state index contributed by atoms with van der Waals surface area (Å²) in [6, 6.07) is -0.806. The van der Waals surface area contributed by atoms with Crippen LogP contribution in [0.3, 0.4) is 0 Å². The molecule has 87 heavy (non-hydrogen) atoms. The maximum Gasteiger partial charge on any atom is 0.305 e. The number of unbranched alkanes of at least 4 members (excludes halogenated alkanes) is 55. The molecule has 1 aliphatic heterocycles. The molecule has 0 aliphatic carbocycles. The monoisotopic (exact) mass is 1230 g/mol. The van der Waals surface area contributed by atoms with Crippen molar-refractivity contribution in [1.29, 1.82) is 0 Å². The van der Waals surface area contributed by atoms with Gasteiger partial charge in [-0.05, 0) is 32.1 Å². The van der Waals surface area contributed by atoms with E-state index >= 15 is 0 Å². The fraction of sp³-hybridized carbons (Fsp3) is 0.947. The van der Waals surface area contributed by atoms with Crippen LogP contribution in [0.15, 0.2) is 12.2 Å². The van der Waals surface area contributed by atoms with Gasteiger partial charge < -0.3 is 45.1 Å². The molecule has 7 atom stereocenters. The van der Waals surface area contributed by atoms with Gasteiger partial charge in [0.15, 0.2) is 6.29 Å². The third-order valence-corrected chi connectivity index (χ3v) is 18.7. The zero-order chi connectivity index (χ0) is 63.0. The normalized spacial score (nSPS) is 17.8. The number of aliphatic hydroxyl groups excluding tert-OH is 5. The van der Waals surface area contributed by atoms with Crippen LogP contribution in [0.25, 0.3) is 0 Å². The molecule has 1 amide bonds. The molecule has 0 aromatic rings. The molecule has 1 rings (SSSR count). The lowest BCUT2D eigenvalue weighted by molar-refractivity contribution is -0.302. The number of esters is 1. The molecule has 1 fully saturated rings. The number of carbonyl (C=O) groups is 2. The van der Waals surface area contributed by atoms with E-state index < -0.39 is 49.5 Å². The second kappa shape index (κ2) is 65.9. The number of carbonyl (C=O) groups excluding carboxylic acids is 2. The number of amides is 1. The van der Waals surface area contributed by atoms with Crippen molar-refractivity contribution in [3.05, 3.63) is 12.2 Å². The Labute approximate surface area is 538 Å². The molecule has 0 saturated carbocycles. The summed E-state index contributed by atoms with van der Waals surface area (Å²) < 4.78 is 16.8. The van der Waals surface area contributed by atoms with Crippen molar-refractivity contribution in [2.24, 2.45) is 0 Å². The standard InChI is InChI=1S/C76H147NO10/c1-3-5-7-9-11-13-15-17-39-42-46-50-54-58-62-69(79)68(67-86-76-75(84)74(83)73(82)70(66-78)87-76)77-71(80)63-59-55-51-47-43-40-37-35-33-31-29-27-25-23-21-19-18-20-22-24-26-28-30-32-34-36-38-41-45-49-53-57-61-65-85-72(81)64-60-56-52-48-44-16-14-12-10-8-6-4-2/h58,62,68-70,73-76,78-79,82-84H,3-57,59-61,63-67H2,1-2H3,(H,77,80)/b62-58+. The highest BCUT2D eigenvalue weighted by atomic mass is 16.7. The number of allylic oxidation sites excluding steroid dienone is 1. The van der Waals surface area contributed by atoms with Crippen molar-refractivity contribution in [3.8, 4) is 0 Å². The van der Waals surface area contributed by atoms with Crippen LogP contribution in [0.5, 0.6) is 0 Å². The van der Waals surface area contributed by atoms with E-state index in [0.717, 1.165) is 51.4 Å². The van der Waals surface area contributed by atoms with Gasteiger partial charge in [0.1, 0.15) is 24.4 Å². The van der Waals surface area contributed by atoms with E-state index in [2.05, 4.69) is 19.2 Å². The molecule has 6 N–H and O–H groups in total. The first kappa shape index (κ1) is 83.4. The minimum atomic E-state index is -1.57. The summed E-state index contributed by atoms with van der Waals surface area (Å²) in [6.07, 6.45) is 72.2. The van der Waals surface area contributed by atoms with Gasteiger partial charge in [0, 0.05) is 12.8 Å². The first-order valence-electron chi connectivity index (χ1n) is 38.5. The van der Waals surface area contributed by atoms with Crippen LogP contribution in [0.4, 0.5) is 0 Å². The molecule has 0 bridgehead atoms. The molecule has 1 heterocycles. The number of ether oxygens (including phenoxy) is 3. The van der Waals surface area contributed by atoms with Crippen LogP contribution < -0.4 is 5.32 Å². The Balaban J connectivity index is 1.92. The van der Waals surface area contributed by atoms with Gasteiger partial charge in [0.25, 0.3) is 0 Å². The van der Waals surface area contributed by atoms with Crippen molar-refractivity contribution in [2.75, 3.05) is 19.8 Å². The quantitative estimate of drug-likeness (QED) is 0.0195. The number of hydrogen-bond donors (Lipinski definition) is 6. The molecule has 0 aromatic heterocycles. The molecule has 7 unspecified atom stereocenters. The molecule has 1 aliphatic rings. The molecule has 11 nitrogen and oxygen atoms in total. The van der Waals surface area contributed by atoms with E-state index in [9.17, 15) is 35.1 Å². The second-order valence-electron chi connectivity index (χ2n) is 27.1. The highest BCUT2D eigenvalue weighted by Gasteiger charge is 2.44. The van der Waals surface area contributed by atoms with Gasteiger partial charge in [-0.3, -0.25) is 9.59 Å². The molecule has 11 heteroatoms. The molecule has 0 radical (unpaired) electrons. The Morgan fingerprint density at radius 3 is 1.07 bits per heavy atom. The van der Waals surface area contributed by atoms with E-state index in [1.54, 1.807) is 6.08 Å². The van der Waals surface area contributed by atoms with Gasteiger partial charge in [-0.1, -0.05) is 366 Å². The maximum absolute atomic E-state index is 13.1. The lowest BCUT2D eigenvalue weighted by Gasteiger charge is -2.40. The Morgan fingerprint density at radius 1 is 0.414 bits per heavy atom. The SMILES string of the molecule is CCCCCCCCCCCCCC/C=C/C(O)C(COC1OC(CO)C(O)C(O)C1O)NC(=O)CCCCCCCCCCCCCCCCCCCCCCCCCCCCCCCCCCCOC(=O)CCCCCCCCCCCCCC. The predicted molar refractivity (Wildman–Crippen MR) is 366 cm³/mol. The molecule has 516 valence electrons. The third-order valence-electron chi connectivity index (χ3n) is 18.7. The smallest absolute Gasteiger partial charge is 0.305 e. The minimum Gasteiger partial charge on any atom is -0.466 e. The number of hydrogen-bond acceptors (Lipinski definition) is 10. The van der Waals surface area contributed by atoms with Gasteiger partial charge in [-0.25, -0.2) is 0 Å². The van der Waals surface area contributed by atoms with Crippen molar-refractivity contribution >= 4 is 11.9 Å². The summed E-state index contributed by atoms with van der Waals surface area (Å²) in [5, 5.41) is 54.6. The van der Waals surface area contributed by atoms with Crippen LogP contribution >= 0.6 is 0 Å². The number of nitrogens with one attached hydrogen (secondary N) is 1. The summed E-state index contributed by atoms with van der Waals surface area (Å²) in [4.78, 5) is 25.1. The van der Waals surface area contributed by atoms with E-state index in [0.29, 0.717) is 19.4 Å². The van der Waals surface area contributed by atoms with Gasteiger partial charge in [-0.2, -0.15) is 0 Å². The molecule has 0 spiro atoms. The molecule has 1 saturated heterocycles. The average molecular weight is 1240 g/mol. The minimum absolute atomic E-state index is 0.0161. The van der Waals surface area contributed by atoms with Crippen molar-refractivity contribution < 1.29 is 49.3 Å². The fourth-order valence-electron chi connectivity index (χ4n) is 12.6. The van der Waals surface area contributed by atoms with Crippen LogP contribution in [0, 0.1) is 0 Å². The topological polar surface area (TPSA) is 175 Å². The van der Waals surface area contributed by atoms with Crippen LogP contribution in [0.2, 0.25) is 0 Å². The van der Waals surface area contributed by atoms with Gasteiger partial charge in [0.05, 0.1) is 32.0 Å². The van der Waals surface area contributed by atoms with E-state index in [1.807, 2.05) is 6.08 Å². The third kappa shape index (κ3) is 54.7. The molecular formula is C76H147NO10. The highest BCUT2D eigenvalue weighted by molar-refractivity contribution is 5.76. The van der Waals surface area contributed by atoms with Crippen molar-refractivity contribution in [3.63, 3.8) is 0 Å². The zero-order valence-corrected chi connectivity index (χ0v) is 57.5. The van der Waals surface area contributed by atoms with Crippen LogP contribution in [0.1, 0.15) is 399 Å². The lowest BCUT2D eigenvalue weighted by atomic mass is 9.99. The van der Waals surface area contributed by atoms with Gasteiger partial charge >= 0.3 is 5.97 Å². The Kier molecular flexibility index (Phi) is 63.2. The summed E-state index contributed by atoms with van der Waals surface area (Å²) in [5.41, 5.74) is 0. The van der Waals surface area contributed by atoms with Crippen molar-refractivity contribution in [1.82, 2.24) is 5.32 Å². The largest absolute Gasteiger partial charge is 0.466 e. The predicted octanol–water partition coefficient (Wildman–Crippen LogP) is 20.2. The maximum atomic E-state index is 13.1. The highest BCUT2D eigenvalue weighted by Crippen LogP contribution is 2.24. The second-order valence-corrected chi connectivity index (χ2v) is 27.1. The van der Waals surface area contributed by atoms with Gasteiger partial charge in [-0.15, -0.1) is 0 Å². The number of aliphatic hydroxyl groups is 5. The summed E-state index contributed by atoms with van der Waals surface area (Å²) >= 11 is 0. The Bertz CT molecular complexity index is 1450. The summed E-state index contributed by atoms with van der Waals surface area (Å²) in [6.45, 7) is 4.40.